The maximum Gasteiger partial charge on any atom is 0.330 e. The van der Waals surface area contributed by atoms with E-state index in [4.69, 9.17) is 4.52 Å². The lowest BCUT2D eigenvalue weighted by Gasteiger charge is -2.10. The molecule has 0 radical (unpaired) electrons. The van der Waals surface area contributed by atoms with Gasteiger partial charge in [-0.2, -0.15) is 0 Å². The molecule has 0 aliphatic rings. The molecule has 1 atom stereocenters. The van der Waals surface area contributed by atoms with Crippen LogP contribution in [0.4, 0.5) is 0 Å². The highest BCUT2D eigenvalue weighted by atomic mass is 31.2. The molecule has 0 bridgehead atoms. The monoisotopic (exact) mass is 220 g/mol. The third-order valence-corrected chi connectivity index (χ3v) is 3.69. The summed E-state index contributed by atoms with van der Waals surface area (Å²) in [6.45, 7) is 5.92. The van der Waals surface area contributed by atoms with Gasteiger partial charge in [0.05, 0.1) is 13.2 Å². The lowest BCUT2D eigenvalue weighted by molar-refractivity contribution is -0.137. The average molecular weight is 220 g/mol. The van der Waals surface area contributed by atoms with E-state index in [1.807, 2.05) is 0 Å². The Hall–Kier alpha value is -0.600. The molecule has 0 aromatic heterocycles. The molecule has 5 heteroatoms. The lowest BCUT2D eigenvalue weighted by atomic mass is 10.6. The molecule has 0 aromatic carbocycles. The molecule has 14 heavy (non-hydrogen) atoms. The van der Waals surface area contributed by atoms with Crippen LogP contribution in [0, 0.1) is 0 Å². The second-order valence-corrected chi connectivity index (χ2v) is 5.17. The summed E-state index contributed by atoms with van der Waals surface area (Å²) < 4.78 is 21.5. The van der Waals surface area contributed by atoms with Crippen molar-refractivity contribution in [2.45, 2.75) is 20.8 Å². The van der Waals surface area contributed by atoms with Crippen LogP contribution in [0.5, 0.6) is 0 Å². The van der Waals surface area contributed by atoms with Crippen molar-refractivity contribution in [2.24, 2.45) is 0 Å². The van der Waals surface area contributed by atoms with Crippen LogP contribution in [0.15, 0.2) is 11.9 Å². The Kier molecular flexibility index (Phi) is 6.50. The molecule has 0 N–H and O–H groups in total. The Morgan fingerprint density at radius 2 is 1.93 bits per heavy atom. The normalized spacial score (nSPS) is 15.4. The number of carbonyl (C=O) groups is 1. The number of esters is 1. The van der Waals surface area contributed by atoms with Gasteiger partial charge in [-0.1, -0.05) is 6.92 Å². The summed E-state index contributed by atoms with van der Waals surface area (Å²) in [5.74, 6) is 0.829. The van der Waals surface area contributed by atoms with Crippen LogP contribution >= 0.6 is 7.37 Å². The zero-order chi connectivity index (χ0) is 11.0. The molecule has 0 saturated heterocycles. The molecule has 1 unspecified atom stereocenters. The fourth-order valence-electron chi connectivity index (χ4n) is 0.823. The summed E-state index contributed by atoms with van der Waals surface area (Å²) in [5.41, 5.74) is 0. The minimum absolute atomic E-state index is 0.314. The Labute approximate surface area is 84.7 Å². The van der Waals surface area contributed by atoms with Crippen LogP contribution in [0.1, 0.15) is 20.8 Å². The molecule has 0 aromatic rings. The van der Waals surface area contributed by atoms with Gasteiger partial charge in [-0.15, -0.1) is 0 Å². The fraction of sp³-hybridized carbons (Fsp3) is 0.667. The van der Waals surface area contributed by atoms with E-state index in [1.54, 1.807) is 20.8 Å². The third-order valence-electron chi connectivity index (χ3n) is 1.51. The van der Waals surface area contributed by atoms with E-state index in [0.29, 0.717) is 19.4 Å². The van der Waals surface area contributed by atoms with E-state index in [2.05, 4.69) is 4.74 Å². The summed E-state index contributed by atoms with van der Waals surface area (Å²) in [5, 5.41) is 0. The van der Waals surface area contributed by atoms with Gasteiger partial charge in [0.25, 0.3) is 0 Å². The van der Waals surface area contributed by atoms with Gasteiger partial charge in [-0.25, -0.2) is 4.79 Å². The van der Waals surface area contributed by atoms with Crippen molar-refractivity contribution in [3.05, 3.63) is 11.9 Å². The number of rotatable bonds is 6. The van der Waals surface area contributed by atoms with Crippen LogP contribution in [0.2, 0.25) is 0 Å². The first-order chi connectivity index (χ1) is 6.58. The van der Waals surface area contributed by atoms with Gasteiger partial charge in [-0.05, 0) is 13.8 Å². The molecule has 0 fully saturated rings. The first-order valence-electron chi connectivity index (χ1n) is 4.67. The zero-order valence-electron chi connectivity index (χ0n) is 8.86. The Morgan fingerprint density at radius 1 is 1.29 bits per heavy atom. The molecular weight excluding hydrogens is 203 g/mol. The van der Waals surface area contributed by atoms with Crippen molar-refractivity contribution in [1.29, 1.82) is 0 Å². The Bertz CT molecular complexity index is 247. The lowest BCUT2D eigenvalue weighted by Crippen LogP contribution is -1.99. The van der Waals surface area contributed by atoms with Gasteiger partial charge in [-0.3, -0.25) is 4.57 Å². The van der Waals surface area contributed by atoms with Gasteiger partial charge < -0.3 is 9.26 Å². The first-order valence-corrected chi connectivity index (χ1v) is 6.55. The number of carbonyl (C=O) groups excluding carboxylic acids is 1. The fourth-order valence-corrected chi connectivity index (χ4v) is 2.09. The van der Waals surface area contributed by atoms with Crippen LogP contribution in [-0.4, -0.2) is 25.3 Å². The number of hydrogen-bond acceptors (Lipinski definition) is 4. The average Bonchev–Trinajstić information content (AvgIpc) is 2.16. The van der Waals surface area contributed by atoms with E-state index in [-0.39, 0.29) is 0 Å². The van der Waals surface area contributed by atoms with Gasteiger partial charge in [0.2, 0.25) is 7.37 Å². The molecule has 0 saturated carbocycles. The topological polar surface area (TPSA) is 52.6 Å². The molecule has 0 spiro atoms. The first kappa shape index (κ1) is 13.4. The Morgan fingerprint density at radius 3 is 2.36 bits per heavy atom. The van der Waals surface area contributed by atoms with E-state index >= 15 is 0 Å². The molecule has 0 amide bonds. The predicted molar refractivity (Wildman–Crippen MR) is 55.5 cm³/mol. The standard InChI is InChI=1S/C9H17O4P/c1-4-12-9(10)7-8-14(11,6-3)13-5-2/h7-8H,4-6H2,1-3H3. The molecular formula is C9H17O4P. The molecule has 0 heterocycles. The summed E-state index contributed by atoms with van der Waals surface area (Å²) in [6.07, 6.45) is 1.56. The molecule has 4 nitrogen and oxygen atoms in total. The summed E-state index contributed by atoms with van der Waals surface area (Å²) in [7, 11) is -2.76. The number of ether oxygens (including phenoxy) is 1. The van der Waals surface area contributed by atoms with Crippen molar-refractivity contribution >= 4 is 13.3 Å². The van der Waals surface area contributed by atoms with Crippen molar-refractivity contribution in [2.75, 3.05) is 19.4 Å². The quantitative estimate of drug-likeness (QED) is 0.392. The summed E-state index contributed by atoms with van der Waals surface area (Å²) in [6, 6.07) is 0. The van der Waals surface area contributed by atoms with Gasteiger partial charge >= 0.3 is 5.97 Å². The Balaban J connectivity index is 4.30. The van der Waals surface area contributed by atoms with Crippen LogP contribution in [0.3, 0.4) is 0 Å². The maximum absolute atomic E-state index is 11.8. The maximum atomic E-state index is 11.8. The minimum Gasteiger partial charge on any atom is -0.463 e. The largest absolute Gasteiger partial charge is 0.463 e. The van der Waals surface area contributed by atoms with Crippen LogP contribution in [0.25, 0.3) is 0 Å². The van der Waals surface area contributed by atoms with Crippen LogP contribution in [-0.2, 0) is 18.6 Å². The summed E-state index contributed by atoms with van der Waals surface area (Å²) in [4.78, 5) is 10.9. The predicted octanol–water partition coefficient (Wildman–Crippen LogP) is 2.40. The minimum atomic E-state index is -2.76. The molecule has 0 aliphatic heterocycles. The molecule has 82 valence electrons. The van der Waals surface area contributed by atoms with E-state index in [1.165, 1.54) is 11.9 Å². The second-order valence-electron chi connectivity index (χ2n) is 2.53. The second kappa shape index (κ2) is 6.80. The van der Waals surface area contributed by atoms with Gasteiger partial charge in [0, 0.05) is 18.1 Å². The van der Waals surface area contributed by atoms with Gasteiger partial charge in [0.1, 0.15) is 0 Å². The smallest absolute Gasteiger partial charge is 0.330 e. The van der Waals surface area contributed by atoms with Crippen molar-refractivity contribution in [3.63, 3.8) is 0 Å². The van der Waals surface area contributed by atoms with Crippen molar-refractivity contribution < 1.29 is 18.6 Å². The zero-order valence-corrected chi connectivity index (χ0v) is 9.75. The molecule has 0 aliphatic carbocycles. The van der Waals surface area contributed by atoms with Gasteiger partial charge in [0.15, 0.2) is 0 Å². The van der Waals surface area contributed by atoms with Crippen molar-refractivity contribution in [3.8, 4) is 0 Å². The highest BCUT2D eigenvalue weighted by Crippen LogP contribution is 2.47. The third kappa shape index (κ3) is 5.20. The highest BCUT2D eigenvalue weighted by molar-refractivity contribution is 7.62. The SMILES string of the molecule is CCOC(=O)C=CP(=O)(CC)OCC. The summed E-state index contributed by atoms with van der Waals surface area (Å²) >= 11 is 0. The molecule has 0 rings (SSSR count). The van der Waals surface area contributed by atoms with Crippen molar-refractivity contribution in [1.82, 2.24) is 0 Å². The van der Waals surface area contributed by atoms with E-state index in [9.17, 15) is 9.36 Å². The van der Waals surface area contributed by atoms with E-state index < -0.39 is 13.3 Å². The number of hydrogen-bond donors (Lipinski definition) is 0. The highest BCUT2D eigenvalue weighted by Gasteiger charge is 2.15. The van der Waals surface area contributed by atoms with E-state index in [0.717, 1.165) is 0 Å². The van der Waals surface area contributed by atoms with Crippen LogP contribution < -0.4 is 0 Å².